The van der Waals surface area contributed by atoms with E-state index in [4.69, 9.17) is 5.26 Å². The van der Waals surface area contributed by atoms with E-state index in [1.54, 1.807) is 0 Å². The van der Waals surface area contributed by atoms with E-state index in [0.717, 1.165) is 43.6 Å². The SMILES string of the molecule is N#Cc1cccc(CN2CCC(C(=O)c3ccccc3)CC2)c1. The maximum atomic E-state index is 12.5. The molecule has 2 aromatic carbocycles. The number of hydrogen-bond donors (Lipinski definition) is 0. The molecule has 0 amide bonds. The Morgan fingerprint density at radius 1 is 1.09 bits per heavy atom. The molecule has 1 aliphatic heterocycles. The van der Waals surface area contributed by atoms with E-state index in [1.165, 1.54) is 0 Å². The highest BCUT2D eigenvalue weighted by atomic mass is 16.1. The Morgan fingerprint density at radius 2 is 1.83 bits per heavy atom. The summed E-state index contributed by atoms with van der Waals surface area (Å²) in [6.07, 6.45) is 1.82. The van der Waals surface area contributed by atoms with E-state index in [-0.39, 0.29) is 11.7 Å². The number of Topliss-reactive ketones (excluding diaryl/α,β-unsaturated/α-hetero) is 1. The molecule has 3 nitrogen and oxygen atoms in total. The van der Waals surface area contributed by atoms with Gasteiger partial charge in [-0.25, -0.2) is 0 Å². The van der Waals surface area contributed by atoms with Crippen LogP contribution < -0.4 is 0 Å². The first kappa shape index (κ1) is 15.5. The zero-order valence-electron chi connectivity index (χ0n) is 13.1. The molecule has 0 unspecified atom stereocenters. The monoisotopic (exact) mass is 304 g/mol. The molecule has 1 aliphatic rings. The average molecular weight is 304 g/mol. The lowest BCUT2D eigenvalue weighted by molar-refractivity contribution is 0.0835. The van der Waals surface area contributed by atoms with Crippen molar-refractivity contribution in [3.8, 4) is 6.07 Å². The van der Waals surface area contributed by atoms with Crippen molar-refractivity contribution < 1.29 is 4.79 Å². The minimum Gasteiger partial charge on any atom is -0.299 e. The summed E-state index contributed by atoms with van der Waals surface area (Å²) in [5, 5.41) is 8.97. The molecule has 3 heteroatoms. The highest BCUT2D eigenvalue weighted by Gasteiger charge is 2.25. The van der Waals surface area contributed by atoms with Crippen molar-refractivity contribution in [2.45, 2.75) is 19.4 Å². The zero-order valence-corrected chi connectivity index (χ0v) is 13.1. The maximum absolute atomic E-state index is 12.5. The molecule has 1 fully saturated rings. The van der Waals surface area contributed by atoms with Gasteiger partial charge in [0.1, 0.15) is 0 Å². The van der Waals surface area contributed by atoms with Crippen LogP contribution in [0.1, 0.15) is 34.3 Å². The Kier molecular flexibility index (Phi) is 4.85. The van der Waals surface area contributed by atoms with Crippen LogP contribution in [0.25, 0.3) is 0 Å². The molecule has 116 valence electrons. The van der Waals surface area contributed by atoms with Gasteiger partial charge in [-0.2, -0.15) is 5.26 Å². The summed E-state index contributed by atoms with van der Waals surface area (Å²) >= 11 is 0. The van der Waals surface area contributed by atoms with Gasteiger partial charge in [-0.1, -0.05) is 42.5 Å². The lowest BCUT2D eigenvalue weighted by Gasteiger charge is -2.31. The fourth-order valence-corrected chi connectivity index (χ4v) is 3.19. The number of nitriles is 1. The van der Waals surface area contributed by atoms with Crippen molar-refractivity contribution in [1.29, 1.82) is 5.26 Å². The normalized spacial score (nSPS) is 16.0. The minimum atomic E-state index is 0.138. The number of hydrogen-bond acceptors (Lipinski definition) is 3. The Bertz CT molecular complexity index is 710. The number of ketones is 1. The summed E-state index contributed by atoms with van der Waals surface area (Å²) in [5.41, 5.74) is 2.70. The Morgan fingerprint density at radius 3 is 2.52 bits per heavy atom. The van der Waals surface area contributed by atoms with Crippen LogP contribution in [0.2, 0.25) is 0 Å². The number of piperidine rings is 1. The molecule has 3 rings (SSSR count). The standard InChI is InChI=1S/C20H20N2O/c21-14-16-5-4-6-17(13-16)15-22-11-9-19(10-12-22)20(23)18-7-2-1-3-8-18/h1-8,13,19H,9-12,15H2. The lowest BCUT2D eigenvalue weighted by Crippen LogP contribution is -2.35. The average Bonchev–Trinajstić information content (AvgIpc) is 2.63. The summed E-state index contributed by atoms with van der Waals surface area (Å²) in [5.74, 6) is 0.413. The summed E-state index contributed by atoms with van der Waals surface area (Å²) in [7, 11) is 0. The molecule has 2 aromatic rings. The third-order valence-corrected chi connectivity index (χ3v) is 4.48. The van der Waals surface area contributed by atoms with E-state index in [9.17, 15) is 4.79 Å². The fourth-order valence-electron chi connectivity index (χ4n) is 3.19. The highest BCUT2D eigenvalue weighted by Crippen LogP contribution is 2.23. The largest absolute Gasteiger partial charge is 0.299 e. The van der Waals surface area contributed by atoms with Crippen LogP contribution in [-0.2, 0) is 6.54 Å². The van der Waals surface area contributed by atoms with Gasteiger partial charge in [0.05, 0.1) is 11.6 Å². The molecule has 0 saturated carbocycles. The van der Waals surface area contributed by atoms with E-state index < -0.39 is 0 Å². The van der Waals surface area contributed by atoms with E-state index in [2.05, 4.69) is 17.0 Å². The van der Waals surface area contributed by atoms with Crippen LogP contribution in [0.4, 0.5) is 0 Å². The number of benzene rings is 2. The molecular formula is C20H20N2O. The van der Waals surface area contributed by atoms with Gasteiger partial charge in [0, 0.05) is 18.0 Å². The Hall–Kier alpha value is -2.44. The Balaban J connectivity index is 1.56. The number of nitrogens with zero attached hydrogens (tertiary/aromatic N) is 2. The molecule has 0 atom stereocenters. The van der Waals surface area contributed by atoms with Gasteiger partial charge in [0.15, 0.2) is 5.78 Å². The van der Waals surface area contributed by atoms with Crippen LogP contribution in [0.3, 0.4) is 0 Å². The van der Waals surface area contributed by atoms with Crippen molar-refractivity contribution in [3.63, 3.8) is 0 Å². The van der Waals surface area contributed by atoms with Crippen LogP contribution >= 0.6 is 0 Å². The van der Waals surface area contributed by atoms with Gasteiger partial charge in [0.2, 0.25) is 0 Å². The third-order valence-electron chi connectivity index (χ3n) is 4.48. The molecule has 0 spiro atoms. The second kappa shape index (κ2) is 7.21. The van der Waals surface area contributed by atoms with Gasteiger partial charge in [0.25, 0.3) is 0 Å². The van der Waals surface area contributed by atoms with Crippen molar-refractivity contribution in [2.24, 2.45) is 5.92 Å². The molecule has 23 heavy (non-hydrogen) atoms. The molecule has 0 radical (unpaired) electrons. The van der Waals surface area contributed by atoms with Gasteiger partial charge in [-0.05, 0) is 43.6 Å². The second-order valence-electron chi connectivity index (χ2n) is 6.09. The lowest BCUT2D eigenvalue weighted by atomic mass is 9.89. The van der Waals surface area contributed by atoms with E-state index >= 15 is 0 Å². The van der Waals surface area contributed by atoms with Crippen molar-refractivity contribution in [1.82, 2.24) is 4.90 Å². The maximum Gasteiger partial charge on any atom is 0.166 e. The van der Waals surface area contributed by atoms with Crippen molar-refractivity contribution in [3.05, 3.63) is 71.3 Å². The molecular weight excluding hydrogens is 284 g/mol. The first-order valence-corrected chi connectivity index (χ1v) is 8.07. The first-order valence-electron chi connectivity index (χ1n) is 8.07. The summed E-state index contributed by atoms with van der Waals surface area (Å²) in [6, 6.07) is 19.5. The van der Waals surface area contributed by atoms with Crippen LogP contribution in [0, 0.1) is 17.2 Å². The van der Waals surface area contributed by atoms with Gasteiger partial charge >= 0.3 is 0 Å². The number of carbonyl (C=O) groups is 1. The van der Waals surface area contributed by atoms with Crippen LogP contribution in [-0.4, -0.2) is 23.8 Å². The van der Waals surface area contributed by atoms with E-state index in [1.807, 2.05) is 48.5 Å². The molecule has 1 heterocycles. The zero-order chi connectivity index (χ0) is 16.1. The number of rotatable bonds is 4. The minimum absolute atomic E-state index is 0.138. The summed E-state index contributed by atoms with van der Waals surface area (Å²) in [4.78, 5) is 14.9. The fraction of sp³-hybridized carbons (Fsp3) is 0.300. The molecule has 0 aromatic heterocycles. The predicted octanol–water partition coefficient (Wildman–Crippen LogP) is 3.65. The van der Waals surface area contributed by atoms with Gasteiger partial charge < -0.3 is 0 Å². The van der Waals surface area contributed by atoms with Crippen molar-refractivity contribution in [2.75, 3.05) is 13.1 Å². The van der Waals surface area contributed by atoms with Gasteiger partial charge in [-0.3, -0.25) is 9.69 Å². The smallest absolute Gasteiger partial charge is 0.166 e. The number of carbonyl (C=O) groups excluding carboxylic acids is 1. The second-order valence-corrected chi connectivity index (χ2v) is 6.09. The third kappa shape index (κ3) is 3.85. The first-order chi connectivity index (χ1) is 11.3. The van der Waals surface area contributed by atoms with Crippen LogP contribution in [0.5, 0.6) is 0 Å². The Labute approximate surface area is 137 Å². The molecule has 0 N–H and O–H groups in total. The van der Waals surface area contributed by atoms with E-state index in [0.29, 0.717) is 5.56 Å². The molecule has 0 aliphatic carbocycles. The number of likely N-dealkylation sites (tertiary alicyclic amines) is 1. The highest BCUT2D eigenvalue weighted by molar-refractivity contribution is 5.97. The summed E-state index contributed by atoms with van der Waals surface area (Å²) < 4.78 is 0. The summed E-state index contributed by atoms with van der Waals surface area (Å²) in [6.45, 7) is 2.71. The molecule has 0 bridgehead atoms. The quantitative estimate of drug-likeness (QED) is 0.810. The van der Waals surface area contributed by atoms with Crippen molar-refractivity contribution >= 4 is 5.78 Å². The topological polar surface area (TPSA) is 44.1 Å². The van der Waals surface area contributed by atoms with Gasteiger partial charge in [-0.15, -0.1) is 0 Å². The van der Waals surface area contributed by atoms with Crippen LogP contribution in [0.15, 0.2) is 54.6 Å². The predicted molar refractivity (Wildman–Crippen MR) is 89.9 cm³/mol. The molecule has 1 saturated heterocycles.